The molecule has 0 aromatic carbocycles. The minimum absolute atomic E-state index is 0.150. The number of nitrogens with two attached hydrogens (primary N) is 1. The van der Waals surface area contributed by atoms with Crippen LogP contribution in [0.3, 0.4) is 0 Å². The Bertz CT molecular complexity index is 497. The minimum Gasteiger partial charge on any atom is -0.481 e. The maximum absolute atomic E-state index is 10.7. The van der Waals surface area contributed by atoms with Gasteiger partial charge in [0, 0.05) is 17.3 Å². The number of carbonyl (C=O) groups is 1. The summed E-state index contributed by atoms with van der Waals surface area (Å²) in [6.07, 6.45) is 4.09. The molecule has 7 heteroatoms. The van der Waals surface area contributed by atoms with E-state index in [2.05, 4.69) is 4.98 Å². The number of pyridine rings is 1. The Balaban J connectivity index is 3.11. The summed E-state index contributed by atoms with van der Waals surface area (Å²) < 4.78 is 0. The number of rotatable bonds is 4. The molecule has 1 heterocycles. The lowest BCUT2D eigenvalue weighted by Crippen LogP contribution is -2.02. The second kappa shape index (κ2) is 5.06. The fraction of sp³-hybridized carbons (Fsp3) is 0.200. The first-order valence-corrected chi connectivity index (χ1v) is 4.71. The predicted molar refractivity (Wildman–Crippen MR) is 61.3 cm³/mol. The van der Waals surface area contributed by atoms with Crippen molar-refractivity contribution in [2.45, 2.75) is 13.3 Å². The Hall–Kier alpha value is -2.44. The van der Waals surface area contributed by atoms with Crippen molar-refractivity contribution in [3.05, 3.63) is 33.5 Å². The van der Waals surface area contributed by atoms with Crippen molar-refractivity contribution in [1.29, 1.82) is 0 Å². The van der Waals surface area contributed by atoms with Crippen molar-refractivity contribution >= 4 is 23.6 Å². The lowest BCUT2D eigenvalue weighted by molar-refractivity contribution is -0.384. The Morgan fingerprint density at radius 1 is 1.71 bits per heavy atom. The molecule has 1 rings (SSSR count). The molecule has 7 nitrogen and oxygen atoms in total. The zero-order valence-electron chi connectivity index (χ0n) is 9.08. The zero-order chi connectivity index (χ0) is 13.0. The summed E-state index contributed by atoms with van der Waals surface area (Å²) in [5.41, 5.74) is 5.99. The third-order valence-corrected chi connectivity index (χ3v) is 2.15. The first-order valence-electron chi connectivity index (χ1n) is 4.71. The molecule has 90 valence electrons. The third kappa shape index (κ3) is 3.00. The van der Waals surface area contributed by atoms with Crippen LogP contribution in [0.15, 0.2) is 12.3 Å². The number of hydrogen-bond donors (Lipinski definition) is 2. The second-order valence-corrected chi connectivity index (χ2v) is 3.33. The van der Waals surface area contributed by atoms with Crippen LogP contribution in [0, 0.1) is 17.0 Å². The number of carboxylic acids is 1. The van der Waals surface area contributed by atoms with Crippen LogP contribution >= 0.6 is 0 Å². The van der Waals surface area contributed by atoms with Gasteiger partial charge in [0.15, 0.2) is 0 Å². The van der Waals surface area contributed by atoms with Crippen molar-refractivity contribution in [1.82, 2.24) is 4.98 Å². The Kier molecular flexibility index (Phi) is 3.76. The van der Waals surface area contributed by atoms with Crippen LogP contribution in [0.1, 0.15) is 17.5 Å². The second-order valence-electron chi connectivity index (χ2n) is 3.33. The van der Waals surface area contributed by atoms with Crippen LogP contribution in [0.5, 0.6) is 0 Å². The van der Waals surface area contributed by atoms with E-state index >= 15 is 0 Å². The number of aromatic nitrogens is 1. The molecule has 0 unspecified atom stereocenters. The zero-order valence-corrected chi connectivity index (χ0v) is 9.08. The third-order valence-electron chi connectivity index (χ3n) is 2.15. The molecule has 0 saturated heterocycles. The number of nitrogen functional groups attached to an aromatic ring is 1. The van der Waals surface area contributed by atoms with Crippen LogP contribution in [0.25, 0.3) is 6.08 Å². The van der Waals surface area contributed by atoms with Gasteiger partial charge in [0.1, 0.15) is 0 Å². The normalized spacial score (nSPS) is 10.6. The highest BCUT2D eigenvalue weighted by Crippen LogP contribution is 2.26. The summed E-state index contributed by atoms with van der Waals surface area (Å²) >= 11 is 0. The van der Waals surface area contributed by atoms with Crippen molar-refractivity contribution < 1.29 is 14.8 Å². The Labute approximate surface area is 96.7 Å². The van der Waals surface area contributed by atoms with Gasteiger partial charge in [-0.2, -0.15) is 0 Å². The van der Waals surface area contributed by atoms with Gasteiger partial charge in [0.2, 0.25) is 5.82 Å². The Morgan fingerprint density at radius 3 is 2.88 bits per heavy atom. The molecule has 17 heavy (non-hydrogen) atoms. The molecule has 0 saturated carbocycles. The first kappa shape index (κ1) is 12.6. The number of aliphatic carboxylic acids is 1. The van der Waals surface area contributed by atoms with Gasteiger partial charge in [0.05, 0.1) is 11.3 Å². The number of nitrogens with zero attached hydrogens (tertiary/aromatic N) is 2. The van der Waals surface area contributed by atoms with E-state index in [-0.39, 0.29) is 17.9 Å². The van der Waals surface area contributed by atoms with Gasteiger partial charge in [-0.05, 0) is 6.92 Å². The average Bonchev–Trinajstić information content (AvgIpc) is 2.20. The number of anilines is 1. The summed E-state index contributed by atoms with van der Waals surface area (Å²) in [6.45, 7) is 1.54. The van der Waals surface area contributed by atoms with Crippen molar-refractivity contribution in [3.8, 4) is 0 Å². The fourth-order valence-corrected chi connectivity index (χ4v) is 1.31. The quantitative estimate of drug-likeness (QED) is 0.602. The monoisotopic (exact) mass is 237 g/mol. The van der Waals surface area contributed by atoms with Crippen LogP contribution in [0.2, 0.25) is 0 Å². The molecule has 0 aliphatic rings. The van der Waals surface area contributed by atoms with E-state index in [1.54, 1.807) is 0 Å². The predicted octanol–water partition coefficient (Wildman–Crippen LogP) is 1.37. The molecule has 0 bridgehead atoms. The largest absolute Gasteiger partial charge is 0.481 e. The summed E-state index contributed by atoms with van der Waals surface area (Å²) in [7, 11) is 0. The number of hydrogen-bond acceptors (Lipinski definition) is 5. The van der Waals surface area contributed by atoms with E-state index < -0.39 is 10.9 Å². The van der Waals surface area contributed by atoms with Crippen LogP contribution in [0.4, 0.5) is 11.5 Å². The van der Waals surface area contributed by atoms with Gasteiger partial charge in [-0.25, -0.2) is 4.98 Å². The van der Waals surface area contributed by atoms with Gasteiger partial charge < -0.3 is 10.8 Å². The molecular formula is C10H11N3O4. The molecule has 1 aromatic rings. The maximum Gasteiger partial charge on any atom is 0.314 e. The van der Waals surface area contributed by atoms with Gasteiger partial charge in [0.25, 0.3) is 0 Å². The van der Waals surface area contributed by atoms with Crippen LogP contribution in [-0.4, -0.2) is 21.0 Å². The topological polar surface area (TPSA) is 119 Å². The fourth-order valence-electron chi connectivity index (χ4n) is 1.31. The Morgan fingerprint density at radius 2 is 2.35 bits per heavy atom. The van der Waals surface area contributed by atoms with Crippen LogP contribution < -0.4 is 5.73 Å². The first-order chi connectivity index (χ1) is 7.93. The standard InChI is InChI=1S/C10H11N3O4/c1-6-7(3-2-4-8(14)15)5-12-10(11)9(6)13(16)17/h2-3,5H,4H2,1H3,(H2,11,12)(H,14,15). The molecule has 0 radical (unpaired) electrons. The minimum atomic E-state index is -0.975. The van der Waals surface area contributed by atoms with Gasteiger partial charge in [-0.15, -0.1) is 0 Å². The molecule has 3 N–H and O–H groups in total. The molecule has 0 fully saturated rings. The van der Waals surface area contributed by atoms with Crippen molar-refractivity contribution in [2.24, 2.45) is 0 Å². The van der Waals surface area contributed by atoms with Crippen LogP contribution in [-0.2, 0) is 4.79 Å². The van der Waals surface area contributed by atoms with Crippen molar-refractivity contribution in [2.75, 3.05) is 5.73 Å². The van der Waals surface area contributed by atoms with E-state index in [4.69, 9.17) is 10.8 Å². The molecule has 0 spiro atoms. The summed E-state index contributed by atoms with van der Waals surface area (Å²) in [5.74, 6) is -1.13. The smallest absolute Gasteiger partial charge is 0.314 e. The highest BCUT2D eigenvalue weighted by molar-refractivity contribution is 5.72. The number of nitro groups is 1. The number of carboxylic acid groups (broad SMARTS) is 1. The van der Waals surface area contributed by atoms with Gasteiger partial charge >= 0.3 is 11.7 Å². The van der Waals surface area contributed by atoms with Gasteiger partial charge in [-0.1, -0.05) is 12.2 Å². The highest BCUT2D eigenvalue weighted by Gasteiger charge is 2.18. The SMILES string of the molecule is Cc1c(C=CCC(=O)O)cnc(N)c1[N+](=O)[O-]. The van der Waals surface area contributed by atoms with E-state index in [0.717, 1.165) is 0 Å². The summed E-state index contributed by atoms with van der Waals surface area (Å²) in [4.78, 5) is 24.1. The lowest BCUT2D eigenvalue weighted by Gasteiger charge is -2.03. The average molecular weight is 237 g/mol. The van der Waals surface area contributed by atoms with E-state index in [1.165, 1.54) is 25.3 Å². The summed E-state index contributed by atoms with van der Waals surface area (Å²) in [6, 6.07) is 0. The molecule has 0 aliphatic carbocycles. The molecular weight excluding hydrogens is 226 g/mol. The summed E-state index contributed by atoms with van der Waals surface area (Å²) in [5, 5.41) is 19.2. The lowest BCUT2D eigenvalue weighted by atomic mass is 10.1. The van der Waals surface area contributed by atoms with E-state index in [0.29, 0.717) is 11.1 Å². The van der Waals surface area contributed by atoms with E-state index in [9.17, 15) is 14.9 Å². The van der Waals surface area contributed by atoms with E-state index in [1.807, 2.05) is 0 Å². The maximum atomic E-state index is 10.7. The molecule has 1 aromatic heterocycles. The molecule has 0 atom stereocenters. The molecule has 0 aliphatic heterocycles. The molecule has 0 amide bonds. The van der Waals surface area contributed by atoms with Gasteiger partial charge in [-0.3, -0.25) is 14.9 Å². The van der Waals surface area contributed by atoms with Crippen molar-refractivity contribution in [3.63, 3.8) is 0 Å². The highest BCUT2D eigenvalue weighted by atomic mass is 16.6.